The molecule has 1 aliphatic heterocycles. The molecule has 23 heavy (non-hydrogen) atoms. The second kappa shape index (κ2) is 8.30. The van der Waals surface area contributed by atoms with Crippen LogP contribution in [0.15, 0.2) is 24.3 Å². The van der Waals surface area contributed by atoms with Crippen molar-refractivity contribution in [3.63, 3.8) is 0 Å². The minimum atomic E-state index is -0.225. The molecule has 1 aromatic rings. The number of nitrogens with zero attached hydrogens (tertiary/aromatic N) is 3. The summed E-state index contributed by atoms with van der Waals surface area (Å²) in [7, 11) is 1.74. The van der Waals surface area contributed by atoms with E-state index in [-0.39, 0.29) is 18.1 Å². The van der Waals surface area contributed by atoms with Gasteiger partial charge in [0.1, 0.15) is 0 Å². The van der Waals surface area contributed by atoms with E-state index in [0.717, 1.165) is 12.1 Å². The molecule has 0 N–H and O–H groups in total. The summed E-state index contributed by atoms with van der Waals surface area (Å²) in [5.41, 5.74) is 1.07. The third-order valence-corrected chi connectivity index (χ3v) is 4.43. The Balaban J connectivity index is 1.98. The quantitative estimate of drug-likeness (QED) is 0.829. The van der Waals surface area contributed by atoms with Gasteiger partial charge in [0.2, 0.25) is 5.91 Å². The van der Waals surface area contributed by atoms with Gasteiger partial charge in [0.05, 0.1) is 31.2 Å². The molecular formula is C17H22ClN3O2. The molecule has 0 spiro atoms. The normalized spacial score (nSPS) is 19.8. The first-order valence-corrected chi connectivity index (χ1v) is 8.13. The van der Waals surface area contributed by atoms with Gasteiger partial charge in [-0.05, 0) is 24.6 Å². The zero-order chi connectivity index (χ0) is 16.8. The molecule has 1 heterocycles. The number of benzene rings is 1. The van der Waals surface area contributed by atoms with Crippen LogP contribution in [0, 0.1) is 11.3 Å². The van der Waals surface area contributed by atoms with Gasteiger partial charge in [-0.25, -0.2) is 0 Å². The lowest BCUT2D eigenvalue weighted by molar-refractivity contribution is -0.138. The molecule has 1 aliphatic rings. The van der Waals surface area contributed by atoms with E-state index in [1.54, 1.807) is 11.9 Å². The summed E-state index contributed by atoms with van der Waals surface area (Å²) >= 11 is 5.92. The van der Waals surface area contributed by atoms with E-state index in [2.05, 4.69) is 11.0 Å². The summed E-state index contributed by atoms with van der Waals surface area (Å²) in [4.78, 5) is 16.2. The number of carbonyl (C=O) groups is 1. The van der Waals surface area contributed by atoms with Crippen LogP contribution in [-0.2, 0) is 9.53 Å². The van der Waals surface area contributed by atoms with Crippen LogP contribution in [-0.4, -0.2) is 55.0 Å². The number of amides is 1. The predicted molar refractivity (Wildman–Crippen MR) is 89.0 cm³/mol. The zero-order valence-electron chi connectivity index (χ0n) is 13.5. The third-order valence-electron chi connectivity index (χ3n) is 4.18. The van der Waals surface area contributed by atoms with Crippen LogP contribution < -0.4 is 0 Å². The summed E-state index contributed by atoms with van der Waals surface area (Å²) in [5, 5.41) is 9.34. The highest BCUT2D eigenvalue weighted by Gasteiger charge is 2.30. The van der Waals surface area contributed by atoms with Gasteiger partial charge >= 0.3 is 0 Å². The van der Waals surface area contributed by atoms with Crippen molar-refractivity contribution in [1.82, 2.24) is 9.80 Å². The van der Waals surface area contributed by atoms with E-state index in [1.165, 1.54) is 0 Å². The molecule has 0 unspecified atom stereocenters. The zero-order valence-corrected chi connectivity index (χ0v) is 14.3. The molecule has 0 aromatic heterocycles. The molecule has 1 fully saturated rings. The first-order valence-electron chi connectivity index (χ1n) is 7.76. The molecule has 5 nitrogen and oxygen atoms in total. The minimum absolute atomic E-state index is 0.0389. The van der Waals surface area contributed by atoms with Crippen LogP contribution in [0.3, 0.4) is 0 Å². The van der Waals surface area contributed by atoms with Gasteiger partial charge in [-0.3, -0.25) is 9.69 Å². The van der Waals surface area contributed by atoms with Gasteiger partial charge in [0.25, 0.3) is 0 Å². The van der Waals surface area contributed by atoms with Crippen molar-refractivity contribution in [2.75, 3.05) is 33.3 Å². The Morgan fingerprint density at radius 2 is 2.22 bits per heavy atom. The largest absolute Gasteiger partial charge is 0.371 e. The number of morpholine rings is 1. The molecule has 1 amide bonds. The van der Waals surface area contributed by atoms with E-state index >= 15 is 0 Å². The SMILES string of the molecule is C[C@@H](C(=O)N(C)CCC#N)N1CCO[C@@H](c2ccc(Cl)cc2)C1. The van der Waals surface area contributed by atoms with E-state index in [0.29, 0.717) is 31.1 Å². The van der Waals surface area contributed by atoms with Crippen molar-refractivity contribution in [1.29, 1.82) is 5.26 Å². The van der Waals surface area contributed by atoms with E-state index in [1.807, 2.05) is 31.2 Å². The van der Waals surface area contributed by atoms with Crippen molar-refractivity contribution in [3.8, 4) is 6.07 Å². The predicted octanol–water partition coefficient (Wildman–Crippen LogP) is 2.47. The first-order chi connectivity index (χ1) is 11.0. The lowest BCUT2D eigenvalue weighted by atomic mass is 10.1. The van der Waals surface area contributed by atoms with Crippen LogP contribution >= 0.6 is 11.6 Å². The molecule has 2 atom stereocenters. The highest BCUT2D eigenvalue weighted by atomic mass is 35.5. The number of hydrogen-bond donors (Lipinski definition) is 0. The van der Waals surface area contributed by atoms with Crippen molar-refractivity contribution >= 4 is 17.5 Å². The monoisotopic (exact) mass is 335 g/mol. The number of likely N-dealkylation sites (N-methyl/N-ethyl adjacent to an activating group) is 1. The molecule has 2 rings (SSSR count). The molecule has 1 aromatic carbocycles. The van der Waals surface area contributed by atoms with Gasteiger partial charge < -0.3 is 9.64 Å². The van der Waals surface area contributed by atoms with E-state index in [9.17, 15) is 4.79 Å². The van der Waals surface area contributed by atoms with Gasteiger partial charge in [-0.15, -0.1) is 0 Å². The van der Waals surface area contributed by atoms with Crippen molar-refractivity contribution in [2.24, 2.45) is 0 Å². The summed E-state index contributed by atoms with van der Waals surface area (Å²) in [5.74, 6) is 0.0389. The molecule has 0 radical (unpaired) electrons. The minimum Gasteiger partial charge on any atom is -0.371 e. The number of halogens is 1. The van der Waals surface area contributed by atoms with Crippen LogP contribution in [0.1, 0.15) is 25.0 Å². The summed E-state index contributed by atoms with van der Waals surface area (Å²) in [6.07, 6.45) is 0.298. The fourth-order valence-electron chi connectivity index (χ4n) is 2.70. The van der Waals surface area contributed by atoms with Crippen molar-refractivity contribution in [2.45, 2.75) is 25.5 Å². The van der Waals surface area contributed by atoms with Crippen molar-refractivity contribution in [3.05, 3.63) is 34.9 Å². The van der Waals surface area contributed by atoms with E-state index < -0.39 is 0 Å². The Hall–Kier alpha value is -1.61. The number of hydrogen-bond acceptors (Lipinski definition) is 4. The number of rotatable bonds is 5. The molecule has 6 heteroatoms. The number of ether oxygens (including phenoxy) is 1. The second-order valence-corrected chi connectivity index (χ2v) is 6.19. The second-order valence-electron chi connectivity index (χ2n) is 5.75. The Kier molecular flexibility index (Phi) is 6.40. The Morgan fingerprint density at radius 3 is 2.87 bits per heavy atom. The van der Waals surface area contributed by atoms with Crippen LogP contribution in [0.4, 0.5) is 0 Å². The lowest BCUT2D eigenvalue weighted by Gasteiger charge is -2.37. The highest BCUT2D eigenvalue weighted by Crippen LogP contribution is 2.25. The van der Waals surface area contributed by atoms with Crippen LogP contribution in [0.2, 0.25) is 5.02 Å². The fourth-order valence-corrected chi connectivity index (χ4v) is 2.83. The lowest BCUT2D eigenvalue weighted by Crippen LogP contribution is -2.50. The average Bonchev–Trinajstić information content (AvgIpc) is 2.59. The Morgan fingerprint density at radius 1 is 1.52 bits per heavy atom. The average molecular weight is 336 g/mol. The molecule has 1 saturated heterocycles. The van der Waals surface area contributed by atoms with Gasteiger partial charge in [0.15, 0.2) is 0 Å². The highest BCUT2D eigenvalue weighted by molar-refractivity contribution is 6.30. The van der Waals surface area contributed by atoms with E-state index in [4.69, 9.17) is 21.6 Å². The summed E-state index contributed by atoms with van der Waals surface area (Å²) < 4.78 is 5.84. The standard InChI is InChI=1S/C17H22ClN3O2/c1-13(17(22)20(2)9-3-8-19)21-10-11-23-16(12-21)14-4-6-15(18)7-5-14/h4-7,13,16H,3,9-12H2,1-2H3/t13-,16+/m0/s1. The molecule has 0 saturated carbocycles. The number of nitriles is 1. The molecule has 0 aliphatic carbocycles. The first kappa shape index (κ1) is 17.7. The van der Waals surface area contributed by atoms with Gasteiger partial charge in [-0.2, -0.15) is 5.26 Å². The van der Waals surface area contributed by atoms with Gasteiger partial charge in [0, 0.05) is 31.7 Å². The molecular weight excluding hydrogens is 314 g/mol. The third kappa shape index (κ3) is 4.68. The van der Waals surface area contributed by atoms with Crippen LogP contribution in [0.25, 0.3) is 0 Å². The van der Waals surface area contributed by atoms with Gasteiger partial charge in [-0.1, -0.05) is 23.7 Å². The maximum absolute atomic E-state index is 12.5. The smallest absolute Gasteiger partial charge is 0.239 e. The van der Waals surface area contributed by atoms with Crippen molar-refractivity contribution < 1.29 is 9.53 Å². The molecule has 124 valence electrons. The Labute approximate surface area is 142 Å². The molecule has 0 bridgehead atoms. The Bertz CT molecular complexity index is 570. The van der Waals surface area contributed by atoms with Crippen LogP contribution in [0.5, 0.6) is 0 Å². The fraction of sp³-hybridized carbons (Fsp3) is 0.529. The summed E-state index contributed by atoms with van der Waals surface area (Å²) in [6.45, 7) is 4.36. The summed E-state index contributed by atoms with van der Waals surface area (Å²) in [6, 6.07) is 9.46. The maximum Gasteiger partial charge on any atom is 0.239 e. The maximum atomic E-state index is 12.5. The number of carbonyl (C=O) groups excluding carboxylic acids is 1. The topological polar surface area (TPSA) is 56.6 Å².